The lowest BCUT2D eigenvalue weighted by atomic mass is 10.1. The van der Waals surface area contributed by atoms with Crippen molar-refractivity contribution in [1.82, 2.24) is 24.9 Å². The van der Waals surface area contributed by atoms with E-state index < -0.39 is 0 Å². The van der Waals surface area contributed by atoms with Crippen LogP contribution in [-0.2, 0) is 0 Å². The normalized spacial score (nSPS) is 14.9. The van der Waals surface area contributed by atoms with E-state index in [1.54, 1.807) is 11.0 Å². The van der Waals surface area contributed by atoms with Crippen molar-refractivity contribution in [2.45, 2.75) is 18.9 Å². The standard InChI is InChI=1S/C21H18FN5O2S/c22-16-7-4-8-18-19(16)24-21(30-18)29-15-9-11-26(12-10-15)20(28)17-13-23-27(25-17)14-5-2-1-3-6-14/h1-8,13,15H,9-12H2. The third-order valence-electron chi connectivity index (χ3n) is 5.04. The number of aromatic nitrogens is 4. The number of ether oxygens (including phenoxy) is 1. The molecule has 152 valence electrons. The second-order valence-electron chi connectivity index (χ2n) is 7.03. The van der Waals surface area contributed by atoms with Crippen molar-refractivity contribution in [3.05, 3.63) is 66.2 Å². The fourth-order valence-corrected chi connectivity index (χ4v) is 4.37. The number of para-hydroxylation sites is 2. The van der Waals surface area contributed by atoms with Crippen LogP contribution >= 0.6 is 11.3 Å². The third kappa shape index (κ3) is 3.63. The molecule has 0 spiro atoms. The van der Waals surface area contributed by atoms with Gasteiger partial charge in [-0.2, -0.15) is 14.9 Å². The minimum atomic E-state index is -0.345. The molecule has 0 bridgehead atoms. The summed E-state index contributed by atoms with van der Waals surface area (Å²) in [6.07, 6.45) is 2.79. The number of likely N-dealkylation sites (tertiary alicyclic amines) is 1. The average Bonchev–Trinajstić information content (AvgIpc) is 3.42. The van der Waals surface area contributed by atoms with E-state index in [-0.39, 0.29) is 17.8 Å². The van der Waals surface area contributed by atoms with Crippen molar-refractivity contribution < 1.29 is 13.9 Å². The van der Waals surface area contributed by atoms with E-state index in [2.05, 4.69) is 15.2 Å². The number of rotatable bonds is 4. The molecule has 3 heterocycles. The topological polar surface area (TPSA) is 73.1 Å². The lowest BCUT2D eigenvalue weighted by Crippen LogP contribution is -2.42. The monoisotopic (exact) mass is 423 g/mol. The van der Waals surface area contributed by atoms with Crippen molar-refractivity contribution in [2.24, 2.45) is 0 Å². The fourth-order valence-electron chi connectivity index (χ4n) is 3.47. The number of nitrogens with zero attached hydrogens (tertiary/aromatic N) is 5. The molecule has 0 unspecified atom stereocenters. The lowest BCUT2D eigenvalue weighted by Gasteiger charge is -2.31. The fraction of sp³-hybridized carbons (Fsp3) is 0.238. The van der Waals surface area contributed by atoms with Crippen LogP contribution in [0.3, 0.4) is 0 Å². The number of carbonyl (C=O) groups excluding carboxylic acids is 1. The number of thiazole rings is 1. The van der Waals surface area contributed by atoms with Crippen LogP contribution < -0.4 is 4.74 Å². The van der Waals surface area contributed by atoms with Gasteiger partial charge in [0.2, 0.25) is 0 Å². The van der Waals surface area contributed by atoms with Crippen LogP contribution in [0, 0.1) is 5.82 Å². The first-order valence-electron chi connectivity index (χ1n) is 9.66. The van der Waals surface area contributed by atoms with E-state index in [0.717, 1.165) is 10.4 Å². The molecule has 0 radical (unpaired) electrons. The Kier molecular flexibility index (Phi) is 4.88. The largest absolute Gasteiger partial charge is 0.467 e. The number of fused-ring (bicyclic) bond motifs is 1. The maximum absolute atomic E-state index is 13.8. The van der Waals surface area contributed by atoms with Crippen LogP contribution in [0.4, 0.5) is 4.39 Å². The first-order valence-corrected chi connectivity index (χ1v) is 10.5. The van der Waals surface area contributed by atoms with Crippen molar-refractivity contribution in [2.75, 3.05) is 13.1 Å². The molecule has 9 heteroatoms. The van der Waals surface area contributed by atoms with E-state index in [1.807, 2.05) is 36.4 Å². The van der Waals surface area contributed by atoms with Gasteiger partial charge in [-0.3, -0.25) is 4.79 Å². The minimum absolute atomic E-state index is 0.0577. The van der Waals surface area contributed by atoms with Gasteiger partial charge in [0.25, 0.3) is 11.1 Å². The van der Waals surface area contributed by atoms with Gasteiger partial charge in [0.05, 0.1) is 16.6 Å². The van der Waals surface area contributed by atoms with E-state index in [1.165, 1.54) is 28.4 Å². The molecule has 1 fully saturated rings. The Bertz CT molecular complexity index is 1180. The highest BCUT2D eigenvalue weighted by molar-refractivity contribution is 7.20. The minimum Gasteiger partial charge on any atom is -0.467 e. The summed E-state index contributed by atoms with van der Waals surface area (Å²) in [5.74, 6) is -0.486. The van der Waals surface area contributed by atoms with Gasteiger partial charge in [-0.15, -0.1) is 5.10 Å². The molecule has 1 saturated heterocycles. The van der Waals surface area contributed by atoms with E-state index >= 15 is 0 Å². The van der Waals surface area contributed by atoms with Gasteiger partial charge in [0, 0.05) is 25.9 Å². The second-order valence-corrected chi connectivity index (χ2v) is 8.02. The molecule has 2 aromatic heterocycles. The van der Waals surface area contributed by atoms with E-state index in [9.17, 15) is 9.18 Å². The predicted octanol–water partition coefficient (Wildman–Crippen LogP) is 3.70. The molecule has 30 heavy (non-hydrogen) atoms. The first-order chi connectivity index (χ1) is 14.7. The highest BCUT2D eigenvalue weighted by Gasteiger charge is 2.27. The number of piperidine rings is 1. The van der Waals surface area contributed by atoms with Gasteiger partial charge in [0.15, 0.2) is 5.69 Å². The molecule has 7 nitrogen and oxygen atoms in total. The Hall–Kier alpha value is -3.33. The van der Waals surface area contributed by atoms with Crippen LogP contribution in [0.1, 0.15) is 23.3 Å². The molecule has 1 aliphatic heterocycles. The summed E-state index contributed by atoms with van der Waals surface area (Å²) in [7, 11) is 0. The Balaban J connectivity index is 1.21. The quantitative estimate of drug-likeness (QED) is 0.500. The zero-order valence-electron chi connectivity index (χ0n) is 15.9. The molecule has 4 aromatic rings. The van der Waals surface area contributed by atoms with Gasteiger partial charge in [0.1, 0.15) is 17.4 Å². The van der Waals surface area contributed by atoms with Crippen LogP contribution in [-0.4, -0.2) is 50.0 Å². The zero-order valence-corrected chi connectivity index (χ0v) is 16.8. The molecule has 0 saturated carbocycles. The Morgan fingerprint density at radius 1 is 1.10 bits per heavy atom. The van der Waals surface area contributed by atoms with Crippen LogP contribution in [0.5, 0.6) is 5.19 Å². The Morgan fingerprint density at radius 2 is 1.90 bits per heavy atom. The summed E-state index contributed by atoms with van der Waals surface area (Å²) < 4.78 is 20.5. The summed E-state index contributed by atoms with van der Waals surface area (Å²) in [4.78, 5) is 20.3. The Morgan fingerprint density at radius 3 is 2.67 bits per heavy atom. The van der Waals surface area contributed by atoms with Gasteiger partial charge < -0.3 is 9.64 Å². The summed E-state index contributed by atoms with van der Waals surface area (Å²) >= 11 is 1.33. The molecule has 1 amide bonds. The van der Waals surface area contributed by atoms with Crippen molar-refractivity contribution >= 4 is 27.5 Å². The number of hydrogen-bond acceptors (Lipinski definition) is 6. The molecule has 0 atom stereocenters. The predicted molar refractivity (Wildman–Crippen MR) is 110 cm³/mol. The summed E-state index contributed by atoms with van der Waals surface area (Å²) in [6.45, 7) is 1.11. The molecule has 0 aliphatic carbocycles. The van der Waals surface area contributed by atoms with Crippen molar-refractivity contribution in [3.8, 4) is 10.9 Å². The van der Waals surface area contributed by atoms with Crippen LogP contribution in [0.15, 0.2) is 54.7 Å². The first kappa shape index (κ1) is 18.7. The lowest BCUT2D eigenvalue weighted by molar-refractivity contribution is 0.0589. The molecular weight excluding hydrogens is 405 g/mol. The van der Waals surface area contributed by atoms with Gasteiger partial charge in [-0.25, -0.2) is 4.39 Å². The highest BCUT2D eigenvalue weighted by Crippen LogP contribution is 2.31. The van der Waals surface area contributed by atoms with E-state index in [0.29, 0.717) is 42.3 Å². The molecular formula is C21H18FN5O2S. The van der Waals surface area contributed by atoms with Crippen LogP contribution in [0.2, 0.25) is 0 Å². The molecule has 1 aliphatic rings. The highest BCUT2D eigenvalue weighted by atomic mass is 32.1. The summed E-state index contributed by atoms with van der Waals surface area (Å²) in [5, 5.41) is 8.97. The molecule has 5 rings (SSSR count). The summed E-state index contributed by atoms with van der Waals surface area (Å²) in [6, 6.07) is 14.3. The smallest absolute Gasteiger partial charge is 0.276 e. The molecule has 0 N–H and O–H groups in total. The zero-order chi connectivity index (χ0) is 20.5. The second kappa shape index (κ2) is 7.83. The number of carbonyl (C=O) groups is 1. The number of benzene rings is 2. The van der Waals surface area contributed by atoms with Crippen LogP contribution in [0.25, 0.3) is 15.9 Å². The van der Waals surface area contributed by atoms with Gasteiger partial charge >= 0.3 is 0 Å². The molecule has 2 aromatic carbocycles. The maximum atomic E-state index is 13.8. The third-order valence-corrected chi connectivity index (χ3v) is 5.96. The van der Waals surface area contributed by atoms with Crippen molar-refractivity contribution in [3.63, 3.8) is 0 Å². The Labute approximate surface area is 175 Å². The summed E-state index contributed by atoms with van der Waals surface area (Å²) in [5.41, 5.74) is 1.46. The van der Waals surface area contributed by atoms with Gasteiger partial charge in [-0.05, 0) is 24.3 Å². The maximum Gasteiger partial charge on any atom is 0.276 e. The number of halogens is 1. The van der Waals surface area contributed by atoms with Crippen molar-refractivity contribution in [1.29, 1.82) is 0 Å². The van der Waals surface area contributed by atoms with E-state index in [4.69, 9.17) is 4.74 Å². The number of hydrogen-bond donors (Lipinski definition) is 0. The SMILES string of the molecule is O=C(c1cnn(-c2ccccc2)n1)N1CCC(Oc2nc3c(F)cccc3s2)CC1. The number of amides is 1. The van der Waals surface area contributed by atoms with Gasteiger partial charge in [-0.1, -0.05) is 35.6 Å². The average molecular weight is 423 g/mol.